The summed E-state index contributed by atoms with van der Waals surface area (Å²) in [4.78, 5) is 11.7. The van der Waals surface area contributed by atoms with E-state index in [0.29, 0.717) is 25.8 Å². The number of hydrogen-bond acceptors (Lipinski definition) is 4. The summed E-state index contributed by atoms with van der Waals surface area (Å²) in [5.41, 5.74) is 5.60. The Morgan fingerprint density at radius 2 is 1.92 bits per heavy atom. The quantitative estimate of drug-likeness (QED) is 0.408. The van der Waals surface area contributed by atoms with E-state index in [1.54, 1.807) is 12.1 Å². The molecule has 1 aliphatic carbocycles. The number of benzene rings is 2. The predicted molar refractivity (Wildman–Crippen MR) is 138 cm³/mol. The maximum Gasteiger partial charge on any atom is 0.407 e. The van der Waals surface area contributed by atoms with Crippen molar-refractivity contribution in [3.05, 3.63) is 88.5 Å². The van der Waals surface area contributed by atoms with Crippen molar-refractivity contribution < 1.29 is 19.0 Å². The Morgan fingerprint density at radius 1 is 1.19 bits per heavy atom. The second-order valence-electron chi connectivity index (χ2n) is 9.49. The van der Waals surface area contributed by atoms with Gasteiger partial charge in [-0.25, -0.2) is 13.9 Å². The summed E-state index contributed by atoms with van der Waals surface area (Å²) in [5, 5.41) is 18.7. The van der Waals surface area contributed by atoms with Crippen molar-refractivity contribution >= 4 is 12.2 Å². The highest BCUT2D eigenvalue weighted by Crippen LogP contribution is 2.44. The number of rotatable bonds is 9. The highest BCUT2D eigenvalue weighted by Gasteiger charge is 2.40. The molecule has 3 aromatic rings. The van der Waals surface area contributed by atoms with E-state index >= 15 is 0 Å². The smallest absolute Gasteiger partial charge is 0.407 e. The lowest BCUT2D eigenvalue weighted by atomic mass is 9.67. The third-order valence-corrected chi connectivity index (χ3v) is 7.16. The zero-order valence-electron chi connectivity index (χ0n) is 21.1. The van der Waals surface area contributed by atoms with E-state index in [4.69, 9.17) is 4.74 Å². The molecule has 0 bridgehead atoms. The van der Waals surface area contributed by atoms with Gasteiger partial charge < -0.3 is 15.2 Å². The van der Waals surface area contributed by atoms with Crippen LogP contribution in [0.25, 0.3) is 11.8 Å². The molecule has 0 saturated carbocycles. The van der Waals surface area contributed by atoms with Gasteiger partial charge in [0, 0.05) is 12.0 Å². The van der Waals surface area contributed by atoms with Gasteiger partial charge >= 0.3 is 6.09 Å². The molecule has 2 aromatic carbocycles. The van der Waals surface area contributed by atoms with Crippen molar-refractivity contribution in [1.82, 2.24) is 15.1 Å². The van der Waals surface area contributed by atoms with Crippen LogP contribution >= 0.6 is 0 Å². The molecule has 4 rings (SSSR count). The third kappa shape index (κ3) is 5.36. The largest absolute Gasteiger partial charge is 0.445 e. The molecule has 1 heterocycles. The van der Waals surface area contributed by atoms with Crippen LogP contribution in [0.4, 0.5) is 9.18 Å². The number of aliphatic hydroxyl groups is 1. The Balaban J connectivity index is 1.50. The van der Waals surface area contributed by atoms with Gasteiger partial charge in [0.25, 0.3) is 0 Å². The van der Waals surface area contributed by atoms with Gasteiger partial charge in [-0.2, -0.15) is 5.10 Å². The fourth-order valence-corrected chi connectivity index (χ4v) is 5.04. The third-order valence-electron chi connectivity index (χ3n) is 7.16. The molecule has 7 heteroatoms. The molecular weight excluding hydrogens is 457 g/mol. The van der Waals surface area contributed by atoms with E-state index in [0.717, 1.165) is 34.5 Å². The summed E-state index contributed by atoms with van der Waals surface area (Å²) >= 11 is 0. The van der Waals surface area contributed by atoms with Crippen molar-refractivity contribution in [2.45, 2.75) is 59.2 Å². The van der Waals surface area contributed by atoms with E-state index in [9.17, 15) is 14.3 Å². The number of alkyl carbamates (subject to hydrolysis) is 1. The van der Waals surface area contributed by atoms with Gasteiger partial charge in [-0.05, 0) is 79.6 Å². The average molecular weight is 492 g/mol. The van der Waals surface area contributed by atoms with Gasteiger partial charge in [0.1, 0.15) is 12.4 Å². The second-order valence-corrected chi connectivity index (χ2v) is 9.49. The lowest BCUT2D eigenvalue weighted by Gasteiger charge is -2.39. The molecular formula is C29H34FN3O3. The van der Waals surface area contributed by atoms with Crippen molar-refractivity contribution in [2.24, 2.45) is 5.41 Å². The Bertz CT molecular complexity index is 1230. The molecule has 2 atom stereocenters. The van der Waals surface area contributed by atoms with Crippen LogP contribution in [0.2, 0.25) is 0 Å². The topological polar surface area (TPSA) is 76.4 Å². The fourth-order valence-electron chi connectivity index (χ4n) is 5.04. The van der Waals surface area contributed by atoms with Gasteiger partial charge in [0.15, 0.2) is 0 Å². The van der Waals surface area contributed by atoms with E-state index in [-0.39, 0.29) is 12.4 Å². The monoisotopic (exact) mass is 491 g/mol. The van der Waals surface area contributed by atoms with E-state index < -0.39 is 17.6 Å². The van der Waals surface area contributed by atoms with Crippen LogP contribution in [0, 0.1) is 11.2 Å². The maximum atomic E-state index is 13.4. The predicted octanol–water partition coefficient (Wildman–Crippen LogP) is 5.61. The highest BCUT2D eigenvalue weighted by molar-refractivity contribution is 5.67. The van der Waals surface area contributed by atoms with E-state index in [2.05, 4.69) is 30.3 Å². The molecule has 36 heavy (non-hydrogen) atoms. The summed E-state index contributed by atoms with van der Waals surface area (Å²) in [6.45, 7) is 6.78. The summed E-state index contributed by atoms with van der Waals surface area (Å²) in [6, 6.07) is 14.2. The highest BCUT2D eigenvalue weighted by atomic mass is 19.1. The molecule has 0 fully saturated rings. The first-order valence-corrected chi connectivity index (χ1v) is 12.5. The van der Waals surface area contributed by atoms with E-state index in [1.165, 1.54) is 17.7 Å². The molecule has 0 aliphatic heterocycles. The molecule has 1 aromatic heterocycles. The normalized spacial score (nSPS) is 17.8. The van der Waals surface area contributed by atoms with Crippen LogP contribution in [0.3, 0.4) is 0 Å². The van der Waals surface area contributed by atoms with Crippen molar-refractivity contribution in [3.63, 3.8) is 0 Å². The summed E-state index contributed by atoms with van der Waals surface area (Å²) in [7, 11) is 0. The van der Waals surface area contributed by atoms with Crippen LogP contribution < -0.4 is 5.32 Å². The lowest BCUT2D eigenvalue weighted by Crippen LogP contribution is -2.38. The van der Waals surface area contributed by atoms with Gasteiger partial charge in [-0.15, -0.1) is 0 Å². The molecule has 1 unspecified atom stereocenters. The number of aryl methyl sites for hydroxylation is 1. The maximum absolute atomic E-state index is 13.4. The number of aromatic nitrogens is 2. The first-order valence-electron chi connectivity index (χ1n) is 12.5. The molecule has 6 nitrogen and oxygen atoms in total. The van der Waals surface area contributed by atoms with E-state index in [1.807, 2.05) is 42.1 Å². The minimum absolute atomic E-state index is 0.196. The zero-order valence-corrected chi connectivity index (χ0v) is 21.1. The molecule has 0 radical (unpaired) electrons. The molecule has 0 saturated heterocycles. The molecule has 1 amide bonds. The van der Waals surface area contributed by atoms with Crippen LogP contribution in [-0.2, 0) is 24.2 Å². The molecule has 1 aliphatic rings. The minimum atomic E-state index is -0.566. The van der Waals surface area contributed by atoms with Crippen molar-refractivity contribution in [2.75, 3.05) is 6.54 Å². The van der Waals surface area contributed by atoms with Gasteiger partial charge in [0.05, 0.1) is 23.7 Å². The lowest BCUT2D eigenvalue weighted by molar-refractivity contribution is 0.0530. The van der Waals surface area contributed by atoms with Crippen LogP contribution in [0.1, 0.15) is 56.0 Å². The number of ether oxygens (including phenoxy) is 1. The molecule has 190 valence electrons. The average Bonchev–Trinajstić information content (AvgIpc) is 3.28. The summed E-state index contributed by atoms with van der Waals surface area (Å²) < 4.78 is 20.6. The van der Waals surface area contributed by atoms with Crippen LogP contribution in [-0.4, -0.2) is 33.6 Å². The van der Waals surface area contributed by atoms with Gasteiger partial charge in [-0.1, -0.05) is 43.7 Å². The summed E-state index contributed by atoms with van der Waals surface area (Å²) in [6.07, 6.45) is 5.70. The number of fused-ring (bicyclic) bond motifs is 1. The number of halogens is 1. The Kier molecular flexibility index (Phi) is 7.89. The number of nitrogens with one attached hydrogen (secondary N) is 1. The SMILES string of the molecule is CCNC(=O)OCc1ccccc1CC[C@H](O)C1(C)Cc2cnn(-c3ccc(F)cc3)c2C=C1CC. The van der Waals surface area contributed by atoms with Crippen LogP contribution in [0.15, 0.2) is 60.3 Å². The standard InChI is InChI=1S/C29H34FN3O3/c1-4-23-16-26-22(18-32-33(26)25-13-11-24(30)12-14-25)17-29(23,3)27(34)15-10-20-8-6-7-9-21(20)19-36-28(35)31-5-2/h6-9,11-14,16,18,27,34H,4-5,10,15,17,19H2,1-3H3,(H,31,35)/t27-,29?/m0/s1. The number of nitrogens with zero attached hydrogens (tertiary/aromatic N) is 2. The van der Waals surface area contributed by atoms with Gasteiger partial charge in [-0.3, -0.25) is 0 Å². The zero-order chi connectivity index (χ0) is 25.7. The molecule has 2 N–H and O–H groups in total. The van der Waals surface area contributed by atoms with Crippen LogP contribution in [0.5, 0.6) is 0 Å². The van der Waals surface area contributed by atoms with Crippen molar-refractivity contribution in [1.29, 1.82) is 0 Å². The van der Waals surface area contributed by atoms with Crippen molar-refractivity contribution in [3.8, 4) is 5.69 Å². The summed E-state index contributed by atoms with van der Waals surface area (Å²) in [5.74, 6) is -0.280. The Morgan fingerprint density at radius 3 is 2.61 bits per heavy atom. The minimum Gasteiger partial charge on any atom is -0.445 e. The number of carbonyl (C=O) groups is 1. The second kappa shape index (κ2) is 11.1. The Hall–Kier alpha value is -3.45. The van der Waals surface area contributed by atoms with Gasteiger partial charge in [0.2, 0.25) is 0 Å². The first-order chi connectivity index (χ1) is 17.4. The molecule has 0 spiro atoms. The Labute approximate surface area is 211 Å². The fraction of sp³-hybridized carbons (Fsp3) is 0.379. The number of carbonyl (C=O) groups excluding carboxylic acids is 1. The first kappa shape index (κ1) is 25.6. The number of hydrogen-bond donors (Lipinski definition) is 2. The number of aliphatic hydroxyl groups excluding tert-OH is 1. The number of amides is 1.